The van der Waals surface area contributed by atoms with Gasteiger partial charge >= 0.3 is 0 Å². The van der Waals surface area contributed by atoms with Gasteiger partial charge in [0.2, 0.25) is 5.91 Å². The summed E-state index contributed by atoms with van der Waals surface area (Å²) in [7, 11) is 0. The topological polar surface area (TPSA) is 41.5 Å². The molecule has 3 nitrogen and oxygen atoms in total. The maximum atomic E-state index is 11.2. The fourth-order valence-corrected chi connectivity index (χ4v) is 2.43. The Labute approximate surface area is 90.6 Å². The SMILES string of the molecule is O=C1CC=c2c(ccc3c2=NC=CS3)N1. The molecule has 0 spiro atoms. The Kier molecular flexibility index (Phi) is 1.89. The lowest BCUT2D eigenvalue weighted by Gasteiger charge is -2.12. The molecule has 0 saturated heterocycles. The van der Waals surface area contributed by atoms with Gasteiger partial charge in [-0.2, -0.15) is 0 Å². The molecular formula is C11H8N2OS. The van der Waals surface area contributed by atoms with Crippen LogP contribution in [0.4, 0.5) is 5.69 Å². The molecule has 4 heteroatoms. The zero-order chi connectivity index (χ0) is 10.3. The fourth-order valence-electron chi connectivity index (χ4n) is 1.74. The van der Waals surface area contributed by atoms with E-state index in [1.54, 1.807) is 18.0 Å². The first-order chi connectivity index (χ1) is 7.34. The van der Waals surface area contributed by atoms with Gasteiger partial charge in [-0.15, -0.1) is 0 Å². The molecule has 0 saturated carbocycles. The lowest BCUT2D eigenvalue weighted by Crippen LogP contribution is -2.35. The molecule has 0 fully saturated rings. The Bertz CT molecular complexity index is 589. The summed E-state index contributed by atoms with van der Waals surface area (Å²) < 4.78 is 0. The van der Waals surface area contributed by atoms with E-state index in [0.717, 1.165) is 21.2 Å². The Balaban J connectivity index is 2.37. The van der Waals surface area contributed by atoms with Gasteiger partial charge in [-0.05, 0) is 17.5 Å². The van der Waals surface area contributed by atoms with E-state index in [-0.39, 0.29) is 5.91 Å². The third-order valence-electron chi connectivity index (χ3n) is 2.41. The minimum absolute atomic E-state index is 0.0430. The molecule has 3 rings (SSSR count). The number of carbonyl (C=O) groups is 1. The van der Waals surface area contributed by atoms with Gasteiger partial charge in [-0.3, -0.25) is 9.79 Å². The molecule has 0 aliphatic carbocycles. The summed E-state index contributed by atoms with van der Waals surface area (Å²) >= 11 is 1.66. The second-order valence-corrected chi connectivity index (χ2v) is 4.31. The van der Waals surface area contributed by atoms with Crippen molar-refractivity contribution in [3.8, 4) is 0 Å². The van der Waals surface area contributed by atoms with Crippen LogP contribution in [0.3, 0.4) is 0 Å². The lowest BCUT2D eigenvalue weighted by atomic mass is 10.1. The van der Waals surface area contributed by atoms with Gasteiger partial charge < -0.3 is 5.32 Å². The normalized spacial score (nSPS) is 16.9. The van der Waals surface area contributed by atoms with Crippen LogP contribution in [0.5, 0.6) is 0 Å². The zero-order valence-electron chi connectivity index (χ0n) is 7.86. The first kappa shape index (κ1) is 8.73. The summed E-state index contributed by atoms with van der Waals surface area (Å²) in [6.07, 6.45) is 4.17. The van der Waals surface area contributed by atoms with Crippen LogP contribution in [0, 0.1) is 0 Å². The van der Waals surface area contributed by atoms with E-state index in [2.05, 4.69) is 10.3 Å². The van der Waals surface area contributed by atoms with E-state index in [9.17, 15) is 4.79 Å². The minimum atomic E-state index is 0.0430. The van der Waals surface area contributed by atoms with E-state index < -0.39 is 0 Å². The van der Waals surface area contributed by atoms with Crippen LogP contribution >= 0.6 is 11.8 Å². The monoisotopic (exact) mass is 216 g/mol. The van der Waals surface area contributed by atoms with Crippen molar-refractivity contribution in [1.82, 2.24) is 0 Å². The van der Waals surface area contributed by atoms with Gasteiger partial charge in [0.05, 0.1) is 5.36 Å². The minimum Gasteiger partial charge on any atom is -0.325 e. The van der Waals surface area contributed by atoms with E-state index in [1.165, 1.54) is 0 Å². The van der Waals surface area contributed by atoms with Crippen molar-refractivity contribution in [2.24, 2.45) is 4.99 Å². The second kappa shape index (κ2) is 3.24. The molecule has 0 bridgehead atoms. The second-order valence-electron chi connectivity index (χ2n) is 3.36. The van der Waals surface area contributed by atoms with Gasteiger partial charge in [0.15, 0.2) is 0 Å². The summed E-state index contributed by atoms with van der Waals surface area (Å²) in [5, 5.41) is 6.82. The van der Waals surface area contributed by atoms with Crippen LogP contribution in [-0.2, 0) is 4.79 Å². The average molecular weight is 216 g/mol. The third-order valence-corrected chi connectivity index (χ3v) is 3.25. The fraction of sp³-hybridized carbons (Fsp3) is 0.0909. The molecule has 2 aliphatic heterocycles. The molecule has 15 heavy (non-hydrogen) atoms. The van der Waals surface area contributed by atoms with E-state index in [4.69, 9.17) is 0 Å². The summed E-state index contributed by atoms with van der Waals surface area (Å²) in [6.45, 7) is 0. The highest BCUT2D eigenvalue weighted by Gasteiger charge is 2.11. The predicted molar refractivity (Wildman–Crippen MR) is 59.9 cm³/mol. The molecule has 0 radical (unpaired) electrons. The highest BCUT2D eigenvalue weighted by Crippen LogP contribution is 2.18. The van der Waals surface area contributed by atoms with Crippen molar-refractivity contribution in [2.75, 3.05) is 5.32 Å². The van der Waals surface area contributed by atoms with Crippen LogP contribution < -0.4 is 15.9 Å². The number of hydrogen-bond donors (Lipinski definition) is 1. The van der Waals surface area contributed by atoms with Crippen molar-refractivity contribution in [3.05, 3.63) is 34.3 Å². The predicted octanol–water partition coefficient (Wildman–Crippen LogP) is 1.01. The number of nitrogens with zero attached hydrogens (tertiary/aromatic N) is 1. The summed E-state index contributed by atoms with van der Waals surface area (Å²) in [5.74, 6) is 0.0430. The van der Waals surface area contributed by atoms with Crippen molar-refractivity contribution in [2.45, 2.75) is 11.3 Å². The zero-order valence-corrected chi connectivity index (χ0v) is 8.67. The highest BCUT2D eigenvalue weighted by atomic mass is 32.2. The molecule has 2 heterocycles. The van der Waals surface area contributed by atoms with Gasteiger partial charge in [-0.1, -0.05) is 17.8 Å². The molecule has 0 unspecified atom stereocenters. The number of amides is 1. The highest BCUT2D eigenvalue weighted by molar-refractivity contribution is 8.02. The quantitative estimate of drug-likeness (QED) is 0.703. The van der Waals surface area contributed by atoms with E-state index in [1.807, 2.05) is 23.6 Å². The number of carbonyl (C=O) groups excluding carboxylic acids is 1. The molecule has 0 aromatic heterocycles. The number of fused-ring (bicyclic) bond motifs is 3. The summed E-state index contributed by atoms with van der Waals surface area (Å²) in [5.41, 5.74) is 0.865. The Hall–Kier alpha value is -1.55. The van der Waals surface area contributed by atoms with E-state index in [0.29, 0.717) is 6.42 Å². The molecule has 2 aliphatic rings. The van der Waals surface area contributed by atoms with Crippen molar-refractivity contribution in [1.29, 1.82) is 0 Å². The van der Waals surface area contributed by atoms with Gasteiger partial charge in [0.25, 0.3) is 0 Å². The first-order valence-corrected chi connectivity index (χ1v) is 5.55. The molecule has 1 N–H and O–H groups in total. The standard InChI is InChI=1S/C11H8N2OS/c14-10-4-1-7-8(13-10)2-3-9-11(7)12-5-6-15-9/h1-3,5-6H,4H2,(H,13,14). The number of anilines is 1. The molecule has 0 atom stereocenters. The third kappa shape index (κ3) is 1.37. The molecule has 74 valence electrons. The van der Waals surface area contributed by atoms with Crippen LogP contribution in [-0.4, -0.2) is 5.91 Å². The molecule has 1 aromatic carbocycles. The largest absolute Gasteiger partial charge is 0.325 e. The van der Waals surface area contributed by atoms with Crippen LogP contribution in [0.2, 0.25) is 0 Å². The Morgan fingerprint density at radius 2 is 2.33 bits per heavy atom. The van der Waals surface area contributed by atoms with Gasteiger partial charge in [0, 0.05) is 28.4 Å². The average Bonchev–Trinajstić information content (AvgIpc) is 2.28. The smallest absolute Gasteiger partial charge is 0.228 e. The lowest BCUT2D eigenvalue weighted by molar-refractivity contribution is -0.115. The number of rotatable bonds is 0. The van der Waals surface area contributed by atoms with Crippen molar-refractivity contribution in [3.63, 3.8) is 0 Å². The van der Waals surface area contributed by atoms with Gasteiger partial charge in [0.1, 0.15) is 0 Å². The maximum absolute atomic E-state index is 11.2. The van der Waals surface area contributed by atoms with Crippen molar-refractivity contribution < 1.29 is 4.79 Å². The number of thioether (sulfide) groups is 1. The van der Waals surface area contributed by atoms with Crippen LogP contribution in [0.15, 0.2) is 33.6 Å². The first-order valence-electron chi connectivity index (χ1n) is 4.67. The number of benzene rings is 1. The van der Waals surface area contributed by atoms with Crippen LogP contribution in [0.1, 0.15) is 6.42 Å². The summed E-state index contributed by atoms with van der Waals surface area (Å²) in [4.78, 5) is 16.7. The molecule has 1 amide bonds. The number of hydrogen-bond acceptors (Lipinski definition) is 3. The Morgan fingerprint density at radius 1 is 1.40 bits per heavy atom. The molecule has 1 aromatic rings. The van der Waals surface area contributed by atoms with Crippen molar-refractivity contribution >= 4 is 29.4 Å². The number of nitrogens with one attached hydrogen (secondary N) is 1. The molecular weight excluding hydrogens is 208 g/mol. The summed E-state index contributed by atoms with van der Waals surface area (Å²) in [6, 6.07) is 3.93. The van der Waals surface area contributed by atoms with Crippen LogP contribution in [0.25, 0.3) is 6.08 Å². The van der Waals surface area contributed by atoms with E-state index >= 15 is 0 Å². The Morgan fingerprint density at radius 3 is 3.27 bits per heavy atom. The maximum Gasteiger partial charge on any atom is 0.228 e. The van der Waals surface area contributed by atoms with Gasteiger partial charge in [-0.25, -0.2) is 0 Å².